The minimum Gasteiger partial charge on any atom is -0.309 e. The zero-order valence-corrected chi connectivity index (χ0v) is 9.27. The number of rotatable bonds is 7. The smallest absolute Gasteiger partial charge is 0.00222 e. The van der Waals surface area contributed by atoms with E-state index in [0.29, 0.717) is 0 Å². The lowest BCUT2D eigenvalue weighted by Crippen LogP contribution is -2.16. The molecule has 1 heteroatoms. The Hall–Kier alpha value is -0.0400. The van der Waals surface area contributed by atoms with Gasteiger partial charge in [0.05, 0.1) is 0 Å². The van der Waals surface area contributed by atoms with E-state index in [9.17, 15) is 0 Å². The van der Waals surface area contributed by atoms with Gasteiger partial charge in [0, 0.05) is 0 Å². The summed E-state index contributed by atoms with van der Waals surface area (Å²) >= 11 is 0. The lowest BCUT2D eigenvalue weighted by atomic mass is 9.96. The Kier molecular flexibility index (Phi) is 7.58. The average molecular weight is 171 g/mol. The number of nitrogens with zero attached hydrogens (tertiary/aromatic N) is 1. The fourth-order valence-electron chi connectivity index (χ4n) is 1.49. The highest BCUT2D eigenvalue weighted by Gasteiger charge is 2.05. The van der Waals surface area contributed by atoms with Crippen LogP contribution in [0.15, 0.2) is 0 Å². The molecule has 0 spiro atoms. The van der Waals surface area contributed by atoms with Crippen molar-refractivity contribution in [1.82, 2.24) is 4.90 Å². The zero-order chi connectivity index (χ0) is 9.40. The van der Waals surface area contributed by atoms with Crippen molar-refractivity contribution in [2.75, 3.05) is 20.6 Å². The highest BCUT2D eigenvalue weighted by molar-refractivity contribution is 4.59. The van der Waals surface area contributed by atoms with Crippen LogP contribution < -0.4 is 0 Å². The highest BCUT2D eigenvalue weighted by atomic mass is 15.0. The number of hydrogen-bond donors (Lipinski definition) is 0. The van der Waals surface area contributed by atoms with Gasteiger partial charge in [0.25, 0.3) is 0 Å². The van der Waals surface area contributed by atoms with Gasteiger partial charge in [0.2, 0.25) is 0 Å². The molecule has 0 aliphatic heterocycles. The Morgan fingerprint density at radius 3 is 2.17 bits per heavy atom. The maximum absolute atomic E-state index is 2.32. The lowest BCUT2D eigenvalue weighted by Gasteiger charge is -2.17. The van der Waals surface area contributed by atoms with Gasteiger partial charge < -0.3 is 4.90 Å². The molecule has 1 atom stereocenters. The second-order valence-corrected chi connectivity index (χ2v) is 4.01. The minimum absolute atomic E-state index is 0.965. The average Bonchev–Trinajstić information content (AvgIpc) is 2.05. The summed E-state index contributed by atoms with van der Waals surface area (Å²) in [6.45, 7) is 5.84. The molecule has 0 fully saturated rings. The molecule has 0 aromatic carbocycles. The second-order valence-electron chi connectivity index (χ2n) is 4.01. The lowest BCUT2D eigenvalue weighted by molar-refractivity contribution is 0.329. The molecule has 1 nitrogen and oxygen atoms in total. The molecule has 0 saturated carbocycles. The van der Waals surface area contributed by atoms with E-state index in [1.54, 1.807) is 0 Å². The van der Waals surface area contributed by atoms with Crippen molar-refractivity contribution >= 4 is 0 Å². The fraction of sp³-hybridized carbons (Fsp3) is 1.00. The summed E-state index contributed by atoms with van der Waals surface area (Å²) in [5.74, 6) is 0.965. The van der Waals surface area contributed by atoms with Gasteiger partial charge in [-0.25, -0.2) is 0 Å². The van der Waals surface area contributed by atoms with E-state index in [2.05, 4.69) is 32.8 Å². The topological polar surface area (TPSA) is 3.24 Å². The molecule has 0 rings (SSSR count). The zero-order valence-electron chi connectivity index (χ0n) is 9.27. The van der Waals surface area contributed by atoms with Gasteiger partial charge in [-0.15, -0.1) is 0 Å². The molecule has 0 N–H and O–H groups in total. The quantitative estimate of drug-likeness (QED) is 0.569. The first kappa shape index (κ1) is 12.0. The molecule has 0 amide bonds. The van der Waals surface area contributed by atoms with E-state index in [1.807, 2.05) is 0 Å². The molecular weight excluding hydrogens is 146 g/mol. The van der Waals surface area contributed by atoms with Crippen LogP contribution in [0.3, 0.4) is 0 Å². The summed E-state index contributed by atoms with van der Waals surface area (Å²) in [6.07, 6.45) is 6.92. The summed E-state index contributed by atoms with van der Waals surface area (Å²) < 4.78 is 0. The Morgan fingerprint density at radius 2 is 1.75 bits per heavy atom. The Balaban J connectivity index is 3.39. The third-order valence-corrected chi connectivity index (χ3v) is 2.53. The first-order chi connectivity index (χ1) is 5.70. The normalized spacial score (nSPS) is 13.8. The van der Waals surface area contributed by atoms with Gasteiger partial charge in [-0.3, -0.25) is 0 Å². The van der Waals surface area contributed by atoms with Gasteiger partial charge in [0.15, 0.2) is 0 Å². The van der Waals surface area contributed by atoms with Crippen molar-refractivity contribution in [3.8, 4) is 0 Å². The predicted molar refractivity (Wildman–Crippen MR) is 56.5 cm³/mol. The summed E-state index contributed by atoms with van der Waals surface area (Å²) in [5, 5.41) is 0. The van der Waals surface area contributed by atoms with Gasteiger partial charge in [-0.05, 0) is 33.0 Å². The molecule has 0 aliphatic carbocycles. The monoisotopic (exact) mass is 171 g/mol. The van der Waals surface area contributed by atoms with Crippen molar-refractivity contribution in [1.29, 1.82) is 0 Å². The number of hydrogen-bond acceptors (Lipinski definition) is 1. The summed E-state index contributed by atoms with van der Waals surface area (Å²) in [5.41, 5.74) is 0. The van der Waals surface area contributed by atoms with Crippen LogP contribution in [-0.2, 0) is 0 Å². The van der Waals surface area contributed by atoms with E-state index < -0.39 is 0 Å². The van der Waals surface area contributed by atoms with E-state index in [1.165, 1.54) is 38.6 Å². The van der Waals surface area contributed by atoms with E-state index in [-0.39, 0.29) is 0 Å². The van der Waals surface area contributed by atoms with Crippen LogP contribution in [0.25, 0.3) is 0 Å². The van der Waals surface area contributed by atoms with E-state index >= 15 is 0 Å². The molecule has 74 valence electrons. The third kappa shape index (κ3) is 6.66. The Labute approximate surface area is 78.1 Å². The van der Waals surface area contributed by atoms with Crippen LogP contribution >= 0.6 is 0 Å². The van der Waals surface area contributed by atoms with Crippen LogP contribution in [0.1, 0.15) is 46.0 Å². The van der Waals surface area contributed by atoms with Crippen LogP contribution in [-0.4, -0.2) is 25.5 Å². The fourth-order valence-corrected chi connectivity index (χ4v) is 1.49. The minimum atomic E-state index is 0.965. The molecule has 1 unspecified atom stereocenters. The Bertz CT molecular complexity index is 89.0. The van der Waals surface area contributed by atoms with E-state index in [4.69, 9.17) is 0 Å². The van der Waals surface area contributed by atoms with Crippen molar-refractivity contribution in [2.24, 2.45) is 5.92 Å². The van der Waals surface area contributed by atoms with Crippen LogP contribution in [0.5, 0.6) is 0 Å². The number of unbranched alkanes of at least 4 members (excludes halogenated alkanes) is 1. The first-order valence-corrected chi connectivity index (χ1v) is 5.35. The second kappa shape index (κ2) is 7.60. The molecule has 0 radical (unpaired) electrons. The van der Waals surface area contributed by atoms with Crippen molar-refractivity contribution in [2.45, 2.75) is 46.0 Å². The highest BCUT2D eigenvalue weighted by Crippen LogP contribution is 2.16. The molecule has 0 aliphatic rings. The summed E-state index contributed by atoms with van der Waals surface area (Å²) in [4.78, 5) is 2.29. The van der Waals surface area contributed by atoms with Crippen LogP contribution in [0.2, 0.25) is 0 Å². The van der Waals surface area contributed by atoms with Gasteiger partial charge in [-0.1, -0.05) is 39.5 Å². The standard InChI is InChI=1S/C11H25N/c1-5-7-8-11(6-2)9-10-12(3)4/h11H,5-10H2,1-4H3. The molecule has 0 saturated heterocycles. The van der Waals surface area contributed by atoms with Crippen LogP contribution in [0.4, 0.5) is 0 Å². The van der Waals surface area contributed by atoms with Crippen molar-refractivity contribution < 1.29 is 0 Å². The first-order valence-electron chi connectivity index (χ1n) is 5.35. The largest absolute Gasteiger partial charge is 0.309 e. The van der Waals surface area contributed by atoms with Crippen molar-refractivity contribution in [3.05, 3.63) is 0 Å². The van der Waals surface area contributed by atoms with Gasteiger partial charge in [-0.2, -0.15) is 0 Å². The van der Waals surface area contributed by atoms with Gasteiger partial charge in [0.1, 0.15) is 0 Å². The molecule has 0 aromatic rings. The summed E-state index contributed by atoms with van der Waals surface area (Å²) in [7, 11) is 4.32. The van der Waals surface area contributed by atoms with Crippen molar-refractivity contribution in [3.63, 3.8) is 0 Å². The Morgan fingerprint density at radius 1 is 1.08 bits per heavy atom. The molecule has 0 bridgehead atoms. The summed E-state index contributed by atoms with van der Waals surface area (Å²) in [6, 6.07) is 0. The van der Waals surface area contributed by atoms with Crippen LogP contribution in [0, 0.1) is 5.92 Å². The maximum atomic E-state index is 2.32. The maximum Gasteiger partial charge on any atom is -0.00222 e. The SMILES string of the molecule is CCCCC(CC)CCN(C)C. The molecule has 12 heavy (non-hydrogen) atoms. The molecular formula is C11H25N. The molecule has 0 aromatic heterocycles. The van der Waals surface area contributed by atoms with E-state index in [0.717, 1.165) is 5.92 Å². The van der Waals surface area contributed by atoms with Gasteiger partial charge >= 0.3 is 0 Å². The third-order valence-electron chi connectivity index (χ3n) is 2.53. The predicted octanol–water partition coefficient (Wildman–Crippen LogP) is 3.15. The molecule has 0 heterocycles.